The van der Waals surface area contributed by atoms with E-state index in [1.54, 1.807) is 19.1 Å². The number of hydrogen-bond donors (Lipinski definition) is 1. The highest BCUT2D eigenvalue weighted by Gasteiger charge is 2.17. The van der Waals surface area contributed by atoms with Crippen LogP contribution in [0.3, 0.4) is 0 Å². The molecule has 0 heterocycles. The van der Waals surface area contributed by atoms with Crippen LogP contribution in [0.15, 0.2) is 40.9 Å². The van der Waals surface area contributed by atoms with E-state index in [9.17, 15) is 9.18 Å². The van der Waals surface area contributed by atoms with Crippen molar-refractivity contribution in [3.05, 3.63) is 57.8 Å². The van der Waals surface area contributed by atoms with Crippen molar-refractivity contribution in [3.63, 3.8) is 0 Å². The van der Waals surface area contributed by atoms with Crippen molar-refractivity contribution in [2.45, 2.75) is 20.0 Å². The number of carbonyl (C=O) groups is 1. The third-order valence-electron chi connectivity index (χ3n) is 3.11. The minimum absolute atomic E-state index is 0.127. The van der Waals surface area contributed by atoms with E-state index in [1.165, 1.54) is 12.1 Å². The van der Waals surface area contributed by atoms with Gasteiger partial charge >= 0.3 is 0 Å². The van der Waals surface area contributed by atoms with Gasteiger partial charge in [-0.2, -0.15) is 5.26 Å². The molecule has 6 heteroatoms. The molecule has 1 amide bonds. The highest BCUT2D eigenvalue weighted by Crippen LogP contribution is 2.27. The normalized spacial score (nSPS) is 11.4. The predicted molar refractivity (Wildman–Crippen MR) is 88.7 cm³/mol. The number of ether oxygens (including phenoxy) is 1. The van der Waals surface area contributed by atoms with Gasteiger partial charge in [-0.15, -0.1) is 0 Å². The molecular formula is C17H14BrFN2O2. The summed E-state index contributed by atoms with van der Waals surface area (Å²) in [5.41, 5.74) is 1.28. The van der Waals surface area contributed by atoms with Crippen molar-refractivity contribution < 1.29 is 13.9 Å². The second-order valence-corrected chi connectivity index (χ2v) is 5.84. The number of benzene rings is 2. The van der Waals surface area contributed by atoms with Gasteiger partial charge in [0.25, 0.3) is 5.91 Å². The fraction of sp³-hybridized carbons (Fsp3) is 0.176. The van der Waals surface area contributed by atoms with Crippen molar-refractivity contribution in [1.82, 2.24) is 0 Å². The molecule has 1 atom stereocenters. The predicted octanol–water partition coefficient (Wildman–Crippen LogP) is 4.17. The number of nitriles is 1. The van der Waals surface area contributed by atoms with E-state index >= 15 is 0 Å². The maximum absolute atomic E-state index is 13.3. The lowest BCUT2D eigenvalue weighted by Crippen LogP contribution is -2.30. The Bertz CT molecular complexity index is 787. The number of aryl methyl sites for hydroxylation is 1. The van der Waals surface area contributed by atoms with Gasteiger partial charge in [-0.3, -0.25) is 4.79 Å². The molecule has 0 fully saturated rings. The van der Waals surface area contributed by atoms with Crippen LogP contribution in [-0.2, 0) is 4.79 Å². The Morgan fingerprint density at radius 3 is 2.74 bits per heavy atom. The van der Waals surface area contributed by atoms with Crippen LogP contribution in [0.1, 0.15) is 18.1 Å². The molecule has 23 heavy (non-hydrogen) atoms. The van der Waals surface area contributed by atoms with Crippen molar-refractivity contribution in [1.29, 1.82) is 5.26 Å². The van der Waals surface area contributed by atoms with Crippen LogP contribution in [-0.4, -0.2) is 12.0 Å². The van der Waals surface area contributed by atoms with Gasteiger partial charge in [0.2, 0.25) is 0 Å². The monoisotopic (exact) mass is 376 g/mol. The number of hydrogen-bond acceptors (Lipinski definition) is 3. The fourth-order valence-electron chi connectivity index (χ4n) is 1.88. The van der Waals surface area contributed by atoms with Gasteiger partial charge in [0, 0.05) is 5.69 Å². The molecule has 0 aliphatic heterocycles. The Balaban J connectivity index is 2.07. The standard InChI is InChI=1S/C17H14BrFN2O2/c1-10-3-6-16(14(18)7-10)23-11(2)17(22)21-13-4-5-15(19)12(8-13)9-20/h3-8,11H,1-2H3,(H,21,22). The van der Waals surface area contributed by atoms with E-state index in [2.05, 4.69) is 21.2 Å². The second kappa shape index (κ2) is 7.25. The largest absolute Gasteiger partial charge is 0.480 e. The van der Waals surface area contributed by atoms with E-state index < -0.39 is 17.8 Å². The minimum Gasteiger partial charge on any atom is -0.480 e. The van der Waals surface area contributed by atoms with Crippen molar-refractivity contribution >= 4 is 27.5 Å². The van der Waals surface area contributed by atoms with Crippen LogP contribution in [0.2, 0.25) is 0 Å². The molecule has 1 N–H and O–H groups in total. The number of nitrogens with one attached hydrogen (secondary N) is 1. The number of halogens is 2. The van der Waals surface area contributed by atoms with Gasteiger partial charge in [-0.1, -0.05) is 6.07 Å². The first-order valence-corrected chi connectivity index (χ1v) is 7.63. The molecule has 0 aromatic heterocycles. The molecule has 4 nitrogen and oxygen atoms in total. The summed E-state index contributed by atoms with van der Waals surface area (Å²) in [6.45, 7) is 3.56. The summed E-state index contributed by atoms with van der Waals surface area (Å²) in [4.78, 5) is 12.2. The summed E-state index contributed by atoms with van der Waals surface area (Å²) >= 11 is 3.38. The Hall–Kier alpha value is -2.39. The second-order valence-electron chi connectivity index (χ2n) is 4.99. The van der Waals surface area contributed by atoms with E-state index in [0.29, 0.717) is 11.4 Å². The topological polar surface area (TPSA) is 62.1 Å². The van der Waals surface area contributed by atoms with E-state index in [-0.39, 0.29) is 5.56 Å². The molecule has 2 aromatic rings. The number of nitrogens with zero attached hydrogens (tertiary/aromatic N) is 1. The summed E-state index contributed by atoms with van der Waals surface area (Å²) in [5.74, 6) is -0.471. The van der Waals surface area contributed by atoms with Crippen LogP contribution in [0.4, 0.5) is 10.1 Å². The summed E-state index contributed by atoms with van der Waals surface area (Å²) in [5, 5.41) is 11.4. The maximum Gasteiger partial charge on any atom is 0.265 e. The Morgan fingerprint density at radius 1 is 1.35 bits per heavy atom. The van der Waals surface area contributed by atoms with Crippen molar-refractivity contribution in [2.75, 3.05) is 5.32 Å². The lowest BCUT2D eigenvalue weighted by Gasteiger charge is -2.16. The van der Waals surface area contributed by atoms with Crippen LogP contribution in [0.25, 0.3) is 0 Å². The number of anilines is 1. The van der Waals surface area contributed by atoms with Crippen molar-refractivity contribution in [2.24, 2.45) is 0 Å². The molecule has 0 radical (unpaired) electrons. The smallest absolute Gasteiger partial charge is 0.265 e. The average molecular weight is 377 g/mol. The molecule has 0 saturated carbocycles. The van der Waals surface area contributed by atoms with Crippen LogP contribution >= 0.6 is 15.9 Å². The molecule has 2 aromatic carbocycles. The van der Waals surface area contributed by atoms with E-state index in [4.69, 9.17) is 10.00 Å². The van der Waals surface area contributed by atoms with Crippen LogP contribution < -0.4 is 10.1 Å². The van der Waals surface area contributed by atoms with Crippen molar-refractivity contribution in [3.8, 4) is 11.8 Å². The minimum atomic E-state index is -0.760. The number of carbonyl (C=O) groups excluding carboxylic acids is 1. The third-order valence-corrected chi connectivity index (χ3v) is 3.73. The third kappa shape index (κ3) is 4.30. The first-order chi connectivity index (χ1) is 10.9. The van der Waals surface area contributed by atoms with E-state index in [1.807, 2.05) is 19.1 Å². The van der Waals surface area contributed by atoms with Gasteiger partial charge in [0.1, 0.15) is 17.6 Å². The molecule has 0 spiro atoms. The van der Waals surface area contributed by atoms with Gasteiger partial charge in [0.05, 0.1) is 10.0 Å². The quantitative estimate of drug-likeness (QED) is 0.870. The lowest BCUT2D eigenvalue weighted by atomic mass is 10.2. The summed E-state index contributed by atoms with van der Waals surface area (Å²) < 4.78 is 19.6. The van der Waals surface area contributed by atoms with Gasteiger partial charge < -0.3 is 10.1 Å². The van der Waals surface area contributed by atoms with Gasteiger partial charge in [-0.05, 0) is 65.7 Å². The highest BCUT2D eigenvalue weighted by atomic mass is 79.9. The summed E-state index contributed by atoms with van der Waals surface area (Å²) in [7, 11) is 0. The zero-order valence-electron chi connectivity index (χ0n) is 12.6. The zero-order valence-corrected chi connectivity index (χ0v) is 14.1. The molecule has 2 rings (SSSR count). The fourth-order valence-corrected chi connectivity index (χ4v) is 2.46. The molecule has 118 valence electrons. The van der Waals surface area contributed by atoms with E-state index in [0.717, 1.165) is 16.1 Å². The Kier molecular flexibility index (Phi) is 5.35. The molecular weight excluding hydrogens is 363 g/mol. The molecule has 0 aliphatic carbocycles. The highest BCUT2D eigenvalue weighted by molar-refractivity contribution is 9.10. The van der Waals surface area contributed by atoms with Crippen LogP contribution in [0, 0.1) is 24.1 Å². The summed E-state index contributed by atoms with van der Waals surface area (Å²) in [6, 6.07) is 11.1. The van der Waals surface area contributed by atoms with Crippen LogP contribution in [0.5, 0.6) is 5.75 Å². The molecule has 1 unspecified atom stereocenters. The zero-order chi connectivity index (χ0) is 17.0. The van der Waals surface area contributed by atoms with Gasteiger partial charge in [-0.25, -0.2) is 4.39 Å². The Morgan fingerprint density at radius 2 is 2.09 bits per heavy atom. The SMILES string of the molecule is Cc1ccc(OC(C)C(=O)Nc2ccc(F)c(C#N)c2)c(Br)c1. The maximum atomic E-state index is 13.3. The molecule has 0 aliphatic rings. The number of amides is 1. The average Bonchev–Trinajstić information content (AvgIpc) is 2.51. The lowest BCUT2D eigenvalue weighted by molar-refractivity contribution is -0.122. The molecule has 0 saturated heterocycles. The first-order valence-electron chi connectivity index (χ1n) is 6.84. The number of rotatable bonds is 4. The molecule has 0 bridgehead atoms. The summed E-state index contributed by atoms with van der Waals surface area (Å²) in [6.07, 6.45) is -0.760. The first kappa shape index (κ1) is 17.0. The Labute approximate surface area is 142 Å². The van der Waals surface area contributed by atoms with Gasteiger partial charge in [0.15, 0.2) is 6.10 Å².